The molecule has 3 amide bonds. The van der Waals surface area contributed by atoms with Crippen molar-refractivity contribution in [1.29, 1.82) is 0 Å². The molecular formula is C24H34N2O4. The van der Waals surface area contributed by atoms with Gasteiger partial charge in [0, 0.05) is 19.5 Å². The Morgan fingerprint density at radius 3 is 2.43 bits per heavy atom. The summed E-state index contributed by atoms with van der Waals surface area (Å²) in [6.07, 6.45) is 5.50. The molecule has 0 aromatic heterocycles. The first-order valence-electron chi connectivity index (χ1n) is 11.2. The summed E-state index contributed by atoms with van der Waals surface area (Å²) in [5.41, 5.74) is 0.984. The van der Waals surface area contributed by atoms with Gasteiger partial charge < -0.3 is 9.64 Å². The van der Waals surface area contributed by atoms with E-state index in [2.05, 4.69) is 0 Å². The highest BCUT2D eigenvalue weighted by Crippen LogP contribution is 2.27. The van der Waals surface area contributed by atoms with Gasteiger partial charge >= 0.3 is 6.09 Å². The zero-order valence-electron chi connectivity index (χ0n) is 18.4. The second-order valence-electron chi connectivity index (χ2n) is 8.98. The first-order valence-corrected chi connectivity index (χ1v) is 11.2. The highest BCUT2D eigenvalue weighted by Gasteiger charge is 2.42. The van der Waals surface area contributed by atoms with E-state index in [4.69, 9.17) is 4.74 Å². The number of hydrogen-bond donors (Lipinski definition) is 0. The molecule has 30 heavy (non-hydrogen) atoms. The smallest absolute Gasteiger partial charge is 0.416 e. The first kappa shape index (κ1) is 22.3. The summed E-state index contributed by atoms with van der Waals surface area (Å²) in [6, 6.07) is 9.65. The Bertz CT molecular complexity index is 743. The predicted octanol–water partition coefficient (Wildman–Crippen LogP) is 4.03. The van der Waals surface area contributed by atoms with Gasteiger partial charge in [0.05, 0.1) is 12.0 Å². The van der Waals surface area contributed by atoms with Crippen LogP contribution in [0.2, 0.25) is 0 Å². The standard InChI is InChI=1S/C24H34N2O4/c1-17(2)21-16-30-24(29)26(21)23(28)19(14-18-10-6-4-7-11-18)15-22(27)25(3)20-12-8-5-9-13-20/h4,6-7,10-11,17,19-21H,5,8-9,12-16H2,1-3H3. The van der Waals surface area contributed by atoms with Gasteiger partial charge in [0.25, 0.3) is 0 Å². The fourth-order valence-corrected chi connectivity index (χ4v) is 4.55. The summed E-state index contributed by atoms with van der Waals surface area (Å²) in [7, 11) is 1.85. The maximum absolute atomic E-state index is 13.5. The Hall–Kier alpha value is -2.37. The third-order valence-electron chi connectivity index (χ3n) is 6.52. The molecule has 164 valence electrons. The summed E-state index contributed by atoms with van der Waals surface area (Å²) in [5, 5.41) is 0. The Labute approximate surface area is 179 Å². The lowest BCUT2D eigenvalue weighted by Crippen LogP contribution is -2.47. The third-order valence-corrected chi connectivity index (χ3v) is 6.52. The van der Waals surface area contributed by atoms with Gasteiger partial charge in [-0.3, -0.25) is 9.59 Å². The lowest BCUT2D eigenvalue weighted by atomic mass is 9.91. The number of hydrogen-bond acceptors (Lipinski definition) is 4. The quantitative estimate of drug-likeness (QED) is 0.676. The van der Waals surface area contributed by atoms with Gasteiger partial charge in [-0.2, -0.15) is 0 Å². The fraction of sp³-hybridized carbons (Fsp3) is 0.625. The fourth-order valence-electron chi connectivity index (χ4n) is 4.55. The van der Waals surface area contributed by atoms with Gasteiger partial charge in [0.2, 0.25) is 11.8 Å². The van der Waals surface area contributed by atoms with Crippen LogP contribution < -0.4 is 0 Å². The first-order chi connectivity index (χ1) is 14.4. The Kier molecular flexibility index (Phi) is 7.51. The second kappa shape index (κ2) is 10.1. The van der Waals surface area contributed by atoms with Crippen molar-refractivity contribution in [3.63, 3.8) is 0 Å². The van der Waals surface area contributed by atoms with Crippen LogP contribution in [0.1, 0.15) is 57.9 Å². The predicted molar refractivity (Wildman–Crippen MR) is 115 cm³/mol. The van der Waals surface area contributed by atoms with Crippen LogP contribution in [0.4, 0.5) is 4.79 Å². The summed E-state index contributed by atoms with van der Waals surface area (Å²) < 4.78 is 5.18. The van der Waals surface area contributed by atoms with Crippen LogP contribution >= 0.6 is 0 Å². The normalized spacial score (nSPS) is 20.9. The minimum absolute atomic E-state index is 0.0233. The molecule has 1 aliphatic carbocycles. The average molecular weight is 415 g/mol. The minimum atomic E-state index is -0.593. The molecule has 2 aliphatic rings. The number of imide groups is 1. The van der Waals surface area contributed by atoms with E-state index in [1.807, 2.05) is 56.1 Å². The monoisotopic (exact) mass is 414 g/mol. The number of ether oxygens (including phenoxy) is 1. The van der Waals surface area contributed by atoms with Gasteiger partial charge in [-0.25, -0.2) is 9.69 Å². The summed E-state index contributed by atoms with van der Waals surface area (Å²) in [6.45, 7) is 4.17. The number of carbonyl (C=O) groups excluding carboxylic acids is 3. The van der Waals surface area contributed by atoms with E-state index in [-0.39, 0.29) is 42.8 Å². The van der Waals surface area contributed by atoms with Crippen LogP contribution in [-0.4, -0.2) is 53.4 Å². The molecule has 2 unspecified atom stereocenters. The van der Waals surface area contributed by atoms with Crippen molar-refractivity contribution in [3.05, 3.63) is 35.9 Å². The van der Waals surface area contributed by atoms with Crippen LogP contribution in [0.5, 0.6) is 0 Å². The number of rotatable bonds is 7. The van der Waals surface area contributed by atoms with E-state index >= 15 is 0 Å². The molecule has 1 heterocycles. The molecule has 0 spiro atoms. The topological polar surface area (TPSA) is 66.9 Å². The van der Waals surface area contributed by atoms with Gasteiger partial charge in [-0.05, 0) is 30.7 Å². The van der Waals surface area contributed by atoms with Crippen molar-refractivity contribution in [2.24, 2.45) is 11.8 Å². The lowest BCUT2D eigenvalue weighted by molar-refractivity contribution is -0.141. The van der Waals surface area contributed by atoms with E-state index in [0.29, 0.717) is 6.42 Å². The molecule has 6 heteroatoms. The zero-order chi connectivity index (χ0) is 21.7. The Morgan fingerprint density at radius 2 is 1.80 bits per heavy atom. The maximum Gasteiger partial charge on any atom is 0.416 e. The highest BCUT2D eigenvalue weighted by atomic mass is 16.6. The molecule has 3 rings (SSSR count). The number of carbonyl (C=O) groups is 3. The van der Waals surface area contributed by atoms with Crippen LogP contribution in [0.25, 0.3) is 0 Å². The van der Waals surface area contributed by atoms with Crippen molar-refractivity contribution in [3.8, 4) is 0 Å². The van der Waals surface area contributed by atoms with E-state index in [1.54, 1.807) is 0 Å². The van der Waals surface area contributed by atoms with Gasteiger partial charge in [-0.15, -0.1) is 0 Å². The van der Waals surface area contributed by atoms with Gasteiger partial charge in [0.15, 0.2) is 0 Å². The molecule has 1 aliphatic heterocycles. The van der Waals surface area contributed by atoms with Crippen molar-refractivity contribution in [2.75, 3.05) is 13.7 Å². The van der Waals surface area contributed by atoms with Crippen LogP contribution in [0.3, 0.4) is 0 Å². The molecule has 0 N–H and O–H groups in total. The second-order valence-corrected chi connectivity index (χ2v) is 8.98. The van der Waals surface area contributed by atoms with Gasteiger partial charge in [-0.1, -0.05) is 63.4 Å². The third kappa shape index (κ3) is 5.21. The Morgan fingerprint density at radius 1 is 1.13 bits per heavy atom. The molecule has 1 saturated heterocycles. The van der Waals surface area contributed by atoms with E-state index in [1.165, 1.54) is 11.3 Å². The van der Waals surface area contributed by atoms with Crippen molar-refractivity contribution in [2.45, 2.75) is 70.9 Å². The van der Waals surface area contributed by atoms with Crippen LogP contribution in [0.15, 0.2) is 30.3 Å². The summed E-state index contributed by atoms with van der Waals surface area (Å²) >= 11 is 0. The zero-order valence-corrected chi connectivity index (χ0v) is 18.4. The Balaban J connectivity index is 1.78. The van der Waals surface area contributed by atoms with Crippen molar-refractivity contribution in [1.82, 2.24) is 9.80 Å². The van der Waals surface area contributed by atoms with Crippen LogP contribution in [0, 0.1) is 11.8 Å². The maximum atomic E-state index is 13.5. The van der Waals surface area contributed by atoms with Crippen LogP contribution in [-0.2, 0) is 20.7 Å². The highest BCUT2D eigenvalue weighted by molar-refractivity contribution is 5.96. The number of benzene rings is 1. The largest absolute Gasteiger partial charge is 0.447 e. The van der Waals surface area contributed by atoms with E-state index in [0.717, 1.165) is 31.2 Å². The number of cyclic esters (lactones) is 1. The minimum Gasteiger partial charge on any atom is -0.447 e. The molecule has 2 atom stereocenters. The van der Waals surface area contributed by atoms with E-state index < -0.39 is 12.0 Å². The SMILES string of the molecule is CC(C)C1COC(=O)N1C(=O)C(CC(=O)N(C)C1CCCCC1)Cc1ccccc1. The number of amides is 3. The molecule has 2 fully saturated rings. The molecule has 1 aromatic rings. The molecule has 1 aromatic carbocycles. The molecule has 6 nitrogen and oxygen atoms in total. The van der Waals surface area contributed by atoms with E-state index in [9.17, 15) is 14.4 Å². The number of nitrogens with zero attached hydrogens (tertiary/aromatic N) is 2. The molecule has 0 radical (unpaired) electrons. The summed E-state index contributed by atoms with van der Waals surface area (Å²) in [5.74, 6) is -0.813. The average Bonchev–Trinajstić information content (AvgIpc) is 3.15. The van der Waals surface area contributed by atoms with Gasteiger partial charge in [0.1, 0.15) is 6.61 Å². The molecule has 0 bridgehead atoms. The molecule has 1 saturated carbocycles. The molecular weight excluding hydrogens is 380 g/mol. The van der Waals surface area contributed by atoms with Crippen molar-refractivity contribution < 1.29 is 19.1 Å². The van der Waals surface area contributed by atoms with Crippen molar-refractivity contribution >= 4 is 17.9 Å². The summed E-state index contributed by atoms with van der Waals surface area (Å²) in [4.78, 5) is 42.0. The lowest BCUT2D eigenvalue weighted by Gasteiger charge is -2.33.